The molecule has 1 aliphatic rings. The Balaban J connectivity index is 1.68. The van der Waals surface area contributed by atoms with E-state index in [2.05, 4.69) is 24.1 Å². The van der Waals surface area contributed by atoms with Crippen LogP contribution in [0.4, 0.5) is 0 Å². The van der Waals surface area contributed by atoms with Crippen LogP contribution in [-0.2, 0) is 4.79 Å². The van der Waals surface area contributed by atoms with Crippen LogP contribution in [0.3, 0.4) is 0 Å². The van der Waals surface area contributed by atoms with Crippen LogP contribution in [0.15, 0.2) is 35.2 Å². The van der Waals surface area contributed by atoms with Gasteiger partial charge < -0.3 is 10.2 Å². The van der Waals surface area contributed by atoms with Crippen molar-refractivity contribution < 1.29 is 4.79 Å². The third kappa shape index (κ3) is 4.84. The highest BCUT2D eigenvalue weighted by atomic mass is 32.2. The molecular weight excluding hydrogens is 268 g/mol. The molecule has 0 aliphatic carbocycles. The number of likely N-dealkylation sites (tertiary alicyclic amines) is 1. The Hall–Kier alpha value is -1.00. The van der Waals surface area contributed by atoms with Crippen molar-refractivity contribution in [3.05, 3.63) is 30.3 Å². The highest BCUT2D eigenvalue weighted by Gasteiger charge is 2.21. The zero-order valence-corrected chi connectivity index (χ0v) is 13.2. The lowest BCUT2D eigenvalue weighted by Crippen LogP contribution is -2.47. The van der Waals surface area contributed by atoms with Crippen LogP contribution in [0.1, 0.15) is 26.7 Å². The maximum absolute atomic E-state index is 12.0. The first-order valence-electron chi connectivity index (χ1n) is 7.36. The van der Waals surface area contributed by atoms with E-state index in [1.165, 1.54) is 0 Å². The first kappa shape index (κ1) is 15.4. The lowest BCUT2D eigenvalue weighted by molar-refractivity contribution is -0.119. The second-order valence-corrected chi connectivity index (χ2v) is 6.62. The first-order chi connectivity index (χ1) is 9.65. The molecule has 0 aromatic heterocycles. The molecule has 0 saturated carbocycles. The van der Waals surface area contributed by atoms with Gasteiger partial charge in [-0.15, -0.1) is 11.8 Å². The van der Waals surface area contributed by atoms with Gasteiger partial charge in [-0.05, 0) is 38.8 Å². The van der Waals surface area contributed by atoms with Crippen molar-refractivity contribution in [2.75, 3.05) is 18.8 Å². The van der Waals surface area contributed by atoms with E-state index in [4.69, 9.17) is 0 Å². The van der Waals surface area contributed by atoms with Crippen LogP contribution >= 0.6 is 11.8 Å². The summed E-state index contributed by atoms with van der Waals surface area (Å²) in [6.07, 6.45) is 2.14. The van der Waals surface area contributed by atoms with E-state index in [1.54, 1.807) is 11.8 Å². The molecule has 1 amide bonds. The average molecular weight is 292 g/mol. The van der Waals surface area contributed by atoms with Gasteiger partial charge in [-0.25, -0.2) is 0 Å². The molecule has 3 nitrogen and oxygen atoms in total. The van der Waals surface area contributed by atoms with Crippen LogP contribution in [0.25, 0.3) is 0 Å². The highest BCUT2D eigenvalue weighted by molar-refractivity contribution is 8.00. The second kappa shape index (κ2) is 7.70. The number of piperidine rings is 1. The minimum Gasteiger partial charge on any atom is -0.353 e. The third-order valence-corrected chi connectivity index (χ3v) is 4.75. The number of carbonyl (C=O) groups is 1. The number of nitrogens with one attached hydrogen (secondary N) is 1. The number of hydrogen-bond acceptors (Lipinski definition) is 3. The van der Waals surface area contributed by atoms with Crippen LogP contribution in [-0.4, -0.2) is 41.7 Å². The van der Waals surface area contributed by atoms with Gasteiger partial charge in [0.2, 0.25) is 5.91 Å². The van der Waals surface area contributed by atoms with E-state index in [9.17, 15) is 4.79 Å². The largest absolute Gasteiger partial charge is 0.353 e. The monoisotopic (exact) mass is 292 g/mol. The fourth-order valence-electron chi connectivity index (χ4n) is 2.50. The predicted octanol–water partition coefficient (Wildman–Crippen LogP) is 2.77. The summed E-state index contributed by atoms with van der Waals surface area (Å²) in [4.78, 5) is 15.6. The number of carbonyl (C=O) groups excluding carboxylic acids is 1. The standard InChI is InChI=1S/C16H24N2OS/c1-13(2)18-10-8-14(9-11-18)17-16(19)12-20-15-6-4-3-5-7-15/h3-7,13-14H,8-12H2,1-2H3,(H,17,19). The second-order valence-electron chi connectivity index (χ2n) is 5.57. The Bertz CT molecular complexity index is 414. The molecule has 1 aromatic rings. The maximum Gasteiger partial charge on any atom is 0.230 e. The normalized spacial score (nSPS) is 17.4. The minimum absolute atomic E-state index is 0.154. The van der Waals surface area contributed by atoms with Gasteiger partial charge in [0.25, 0.3) is 0 Å². The van der Waals surface area contributed by atoms with Crippen LogP contribution in [0.5, 0.6) is 0 Å². The average Bonchev–Trinajstić information content (AvgIpc) is 2.47. The Morgan fingerprint density at radius 3 is 2.55 bits per heavy atom. The molecule has 1 aliphatic heterocycles. The van der Waals surface area contributed by atoms with E-state index >= 15 is 0 Å². The SMILES string of the molecule is CC(C)N1CCC(NC(=O)CSc2ccccc2)CC1. The molecule has 0 bridgehead atoms. The van der Waals surface area contributed by atoms with Gasteiger partial charge in [0, 0.05) is 30.1 Å². The van der Waals surface area contributed by atoms with Gasteiger partial charge in [0.15, 0.2) is 0 Å². The van der Waals surface area contributed by atoms with Crippen molar-refractivity contribution in [3.8, 4) is 0 Å². The summed E-state index contributed by atoms with van der Waals surface area (Å²) in [6.45, 7) is 6.65. The molecule has 110 valence electrons. The van der Waals surface area contributed by atoms with Crippen molar-refractivity contribution in [1.82, 2.24) is 10.2 Å². The van der Waals surface area contributed by atoms with Crippen molar-refractivity contribution in [1.29, 1.82) is 0 Å². The zero-order valence-electron chi connectivity index (χ0n) is 12.3. The van der Waals surface area contributed by atoms with Gasteiger partial charge in [0.05, 0.1) is 5.75 Å². The lowest BCUT2D eigenvalue weighted by Gasteiger charge is -2.34. The molecule has 2 rings (SSSR count). The van der Waals surface area contributed by atoms with Crippen molar-refractivity contribution in [3.63, 3.8) is 0 Å². The van der Waals surface area contributed by atoms with E-state index in [1.807, 2.05) is 30.3 Å². The molecule has 0 spiro atoms. The Kier molecular flexibility index (Phi) is 5.92. The maximum atomic E-state index is 12.0. The smallest absolute Gasteiger partial charge is 0.230 e. The molecule has 20 heavy (non-hydrogen) atoms. The topological polar surface area (TPSA) is 32.3 Å². The van der Waals surface area contributed by atoms with Crippen molar-refractivity contribution in [2.45, 2.75) is 43.7 Å². The van der Waals surface area contributed by atoms with E-state index in [0.29, 0.717) is 17.8 Å². The van der Waals surface area contributed by atoms with E-state index in [-0.39, 0.29) is 5.91 Å². The minimum atomic E-state index is 0.154. The molecule has 1 saturated heterocycles. The van der Waals surface area contributed by atoms with Crippen molar-refractivity contribution in [2.24, 2.45) is 0 Å². The quantitative estimate of drug-likeness (QED) is 0.847. The number of benzene rings is 1. The summed E-state index contributed by atoms with van der Waals surface area (Å²) in [6, 6.07) is 11.0. The lowest BCUT2D eigenvalue weighted by atomic mass is 10.0. The molecule has 0 radical (unpaired) electrons. The van der Waals surface area contributed by atoms with E-state index in [0.717, 1.165) is 30.8 Å². The van der Waals surface area contributed by atoms with Gasteiger partial charge in [-0.1, -0.05) is 18.2 Å². The highest BCUT2D eigenvalue weighted by Crippen LogP contribution is 2.17. The third-order valence-electron chi connectivity index (χ3n) is 3.74. The summed E-state index contributed by atoms with van der Waals surface area (Å²) >= 11 is 1.60. The van der Waals surface area contributed by atoms with Crippen molar-refractivity contribution >= 4 is 17.7 Å². The number of hydrogen-bond donors (Lipinski definition) is 1. The van der Waals surface area contributed by atoms with Crippen LogP contribution < -0.4 is 5.32 Å². The number of rotatable bonds is 5. The van der Waals surface area contributed by atoms with Gasteiger partial charge >= 0.3 is 0 Å². The first-order valence-corrected chi connectivity index (χ1v) is 8.35. The predicted molar refractivity (Wildman–Crippen MR) is 85.0 cm³/mol. The molecule has 1 heterocycles. The molecule has 1 fully saturated rings. The molecule has 1 aromatic carbocycles. The summed E-state index contributed by atoms with van der Waals surface area (Å²) in [5.74, 6) is 0.663. The van der Waals surface area contributed by atoms with Gasteiger partial charge in [-0.2, -0.15) is 0 Å². The number of nitrogens with zero attached hydrogens (tertiary/aromatic N) is 1. The molecule has 1 N–H and O–H groups in total. The summed E-state index contributed by atoms with van der Waals surface area (Å²) in [5, 5.41) is 3.16. The molecular formula is C16H24N2OS. The summed E-state index contributed by atoms with van der Waals surface area (Å²) in [7, 11) is 0. The van der Waals surface area contributed by atoms with Crippen LogP contribution in [0.2, 0.25) is 0 Å². The molecule has 4 heteroatoms. The summed E-state index contributed by atoms with van der Waals surface area (Å²) < 4.78 is 0. The number of thioether (sulfide) groups is 1. The molecule has 0 unspecified atom stereocenters. The Morgan fingerprint density at radius 2 is 1.95 bits per heavy atom. The number of amides is 1. The van der Waals surface area contributed by atoms with Gasteiger partial charge in [0.1, 0.15) is 0 Å². The van der Waals surface area contributed by atoms with Crippen LogP contribution in [0, 0.1) is 0 Å². The Morgan fingerprint density at radius 1 is 1.30 bits per heavy atom. The summed E-state index contributed by atoms with van der Waals surface area (Å²) in [5.41, 5.74) is 0. The Labute approximate surface area is 126 Å². The zero-order chi connectivity index (χ0) is 14.4. The van der Waals surface area contributed by atoms with E-state index < -0.39 is 0 Å². The molecule has 0 atom stereocenters. The fraction of sp³-hybridized carbons (Fsp3) is 0.562. The fourth-order valence-corrected chi connectivity index (χ4v) is 3.23. The van der Waals surface area contributed by atoms with Gasteiger partial charge in [-0.3, -0.25) is 4.79 Å².